The van der Waals surface area contributed by atoms with Gasteiger partial charge in [0.05, 0.1) is 0 Å². The van der Waals surface area contributed by atoms with Crippen LogP contribution in [-0.2, 0) is 17.9 Å². The van der Waals surface area contributed by atoms with Crippen LogP contribution < -0.4 is 33.9 Å². The third-order valence-corrected chi connectivity index (χ3v) is 1.98. The lowest BCUT2D eigenvalue weighted by Crippen LogP contribution is -3.00. The first-order chi connectivity index (χ1) is 6.72. The summed E-state index contributed by atoms with van der Waals surface area (Å²) in [5.41, 5.74) is 1.13. The Hall–Kier alpha value is -0.650. The van der Waals surface area contributed by atoms with Gasteiger partial charge in [-0.25, -0.2) is 4.57 Å². The number of pyridine rings is 1. The molecule has 3 nitrogen and oxygen atoms in total. The highest BCUT2D eigenvalue weighted by Gasteiger charge is 1.99. The molecule has 1 rings (SSSR count). The summed E-state index contributed by atoms with van der Waals surface area (Å²) in [6.07, 6.45) is 5.22. The molecule has 1 N–H and O–H groups in total. The third kappa shape index (κ3) is 5.71. The molecule has 4 heteroatoms. The average Bonchev–Trinajstić information content (AvgIpc) is 2.17. The van der Waals surface area contributed by atoms with Gasteiger partial charge in [0.2, 0.25) is 5.91 Å². The van der Waals surface area contributed by atoms with Crippen molar-refractivity contribution in [2.75, 3.05) is 0 Å². The average molecular weight is 320 g/mol. The SMILES string of the molecule is CCC[n+]1ccc(CNC(C)=O)cc1.[I-]. The Morgan fingerprint density at radius 1 is 1.40 bits per heavy atom. The summed E-state index contributed by atoms with van der Waals surface area (Å²) in [6.45, 7) is 5.33. The molecule has 0 radical (unpaired) electrons. The van der Waals surface area contributed by atoms with Crippen LogP contribution >= 0.6 is 0 Å². The van der Waals surface area contributed by atoms with Crippen molar-refractivity contribution in [1.29, 1.82) is 0 Å². The number of nitrogens with zero attached hydrogens (tertiary/aromatic N) is 1. The number of rotatable bonds is 4. The summed E-state index contributed by atoms with van der Waals surface area (Å²) >= 11 is 0. The predicted molar refractivity (Wildman–Crippen MR) is 54.4 cm³/mol. The molecule has 0 unspecified atom stereocenters. The Labute approximate surface area is 108 Å². The first-order valence-corrected chi connectivity index (χ1v) is 4.94. The van der Waals surface area contributed by atoms with Crippen molar-refractivity contribution in [3.05, 3.63) is 30.1 Å². The number of halogens is 1. The molecule has 84 valence electrons. The van der Waals surface area contributed by atoms with E-state index in [9.17, 15) is 4.79 Å². The molecule has 0 spiro atoms. The predicted octanol–water partition coefficient (Wildman–Crippen LogP) is -1.98. The fourth-order valence-corrected chi connectivity index (χ4v) is 1.24. The molecule has 0 aliphatic carbocycles. The molecule has 0 atom stereocenters. The monoisotopic (exact) mass is 320 g/mol. The minimum Gasteiger partial charge on any atom is -1.00 e. The Morgan fingerprint density at radius 2 is 2.00 bits per heavy atom. The molecular formula is C11H17IN2O. The second-order valence-corrected chi connectivity index (χ2v) is 3.35. The first-order valence-electron chi connectivity index (χ1n) is 4.94. The van der Waals surface area contributed by atoms with E-state index in [4.69, 9.17) is 0 Å². The van der Waals surface area contributed by atoms with Gasteiger partial charge in [0.15, 0.2) is 12.4 Å². The summed E-state index contributed by atoms with van der Waals surface area (Å²) in [6, 6.07) is 4.07. The Bertz CT molecular complexity index is 298. The molecule has 1 aromatic heterocycles. The zero-order valence-corrected chi connectivity index (χ0v) is 11.3. The van der Waals surface area contributed by atoms with E-state index in [2.05, 4.69) is 16.8 Å². The van der Waals surface area contributed by atoms with E-state index in [1.54, 1.807) is 0 Å². The van der Waals surface area contributed by atoms with Crippen LogP contribution in [0.1, 0.15) is 25.8 Å². The second-order valence-electron chi connectivity index (χ2n) is 3.35. The van der Waals surface area contributed by atoms with Gasteiger partial charge in [0.1, 0.15) is 6.54 Å². The molecule has 1 amide bonds. The van der Waals surface area contributed by atoms with Gasteiger partial charge in [-0.05, 0) is 5.56 Å². The van der Waals surface area contributed by atoms with Crippen LogP contribution in [0.25, 0.3) is 0 Å². The molecule has 0 aromatic carbocycles. The van der Waals surface area contributed by atoms with E-state index in [0.717, 1.165) is 18.5 Å². The van der Waals surface area contributed by atoms with Crippen LogP contribution in [0, 0.1) is 0 Å². The third-order valence-electron chi connectivity index (χ3n) is 1.98. The van der Waals surface area contributed by atoms with Gasteiger partial charge in [-0.15, -0.1) is 0 Å². The lowest BCUT2D eigenvalue weighted by Gasteiger charge is -2.00. The van der Waals surface area contributed by atoms with Gasteiger partial charge in [-0.3, -0.25) is 4.79 Å². The summed E-state index contributed by atoms with van der Waals surface area (Å²) in [5, 5.41) is 2.77. The van der Waals surface area contributed by atoms with E-state index in [1.165, 1.54) is 6.92 Å². The minimum atomic E-state index is 0. The molecule has 0 aliphatic rings. The highest BCUT2D eigenvalue weighted by molar-refractivity contribution is 5.72. The Morgan fingerprint density at radius 3 is 2.47 bits per heavy atom. The van der Waals surface area contributed by atoms with Crippen LogP contribution in [0.4, 0.5) is 0 Å². The van der Waals surface area contributed by atoms with Gasteiger partial charge in [0.25, 0.3) is 0 Å². The van der Waals surface area contributed by atoms with Crippen molar-refractivity contribution < 1.29 is 33.3 Å². The highest BCUT2D eigenvalue weighted by Crippen LogP contribution is 1.94. The van der Waals surface area contributed by atoms with E-state index < -0.39 is 0 Å². The topological polar surface area (TPSA) is 33.0 Å². The molecule has 15 heavy (non-hydrogen) atoms. The summed E-state index contributed by atoms with van der Waals surface area (Å²) in [5.74, 6) is 0.00953. The molecule has 0 saturated carbocycles. The quantitative estimate of drug-likeness (QED) is 0.506. The van der Waals surface area contributed by atoms with Gasteiger partial charge < -0.3 is 29.3 Å². The molecule has 1 heterocycles. The van der Waals surface area contributed by atoms with Crippen molar-refractivity contribution in [2.24, 2.45) is 0 Å². The van der Waals surface area contributed by atoms with Crippen molar-refractivity contribution >= 4 is 5.91 Å². The zero-order valence-electron chi connectivity index (χ0n) is 9.16. The van der Waals surface area contributed by atoms with Gasteiger partial charge >= 0.3 is 0 Å². The molecule has 0 aliphatic heterocycles. The first kappa shape index (κ1) is 14.3. The number of hydrogen-bond acceptors (Lipinski definition) is 1. The van der Waals surface area contributed by atoms with Crippen molar-refractivity contribution in [1.82, 2.24) is 5.32 Å². The minimum absolute atomic E-state index is 0. The molecule has 0 saturated heterocycles. The van der Waals surface area contributed by atoms with Crippen LogP contribution in [-0.4, -0.2) is 5.91 Å². The smallest absolute Gasteiger partial charge is 0.217 e. The van der Waals surface area contributed by atoms with E-state index in [1.807, 2.05) is 24.5 Å². The summed E-state index contributed by atoms with van der Waals surface area (Å²) < 4.78 is 2.14. The number of carbonyl (C=O) groups is 1. The number of carbonyl (C=O) groups excluding carboxylic acids is 1. The molecule has 0 fully saturated rings. The normalized spacial score (nSPS) is 9.20. The fourth-order valence-electron chi connectivity index (χ4n) is 1.24. The fraction of sp³-hybridized carbons (Fsp3) is 0.455. The van der Waals surface area contributed by atoms with Crippen LogP contribution in [0.2, 0.25) is 0 Å². The molecule has 1 aromatic rings. The van der Waals surface area contributed by atoms with Crippen LogP contribution in [0.15, 0.2) is 24.5 Å². The molecule has 0 bridgehead atoms. The lowest BCUT2D eigenvalue weighted by atomic mass is 10.2. The number of hydrogen-bond donors (Lipinski definition) is 1. The summed E-state index contributed by atoms with van der Waals surface area (Å²) in [7, 11) is 0. The second kappa shape index (κ2) is 7.62. The number of aromatic nitrogens is 1. The van der Waals surface area contributed by atoms with E-state index >= 15 is 0 Å². The number of amides is 1. The zero-order chi connectivity index (χ0) is 10.4. The maximum absolute atomic E-state index is 10.7. The highest BCUT2D eigenvalue weighted by atomic mass is 127. The number of aryl methyl sites for hydroxylation is 1. The standard InChI is InChI=1S/C11H16N2O.HI/c1-3-6-13-7-4-11(5-8-13)9-12-10(2)14;/h4-5,7-8H,3,6,9H2,1-2H3;1H. The maximum Gasteiger partial charge on any atom is 0.217 e. The van der Waals surface area contributed by atoms with Crippen molar-refractivity contribution in [3.63, 3.8) is 0 Å². The molecular weight excluding hydrogens is 303 g/mol. The van der Waals surface area contributed by atoms with Gasteiger partial charge in [0, 0.05) is 32.0 Å². The maximum atomic E-state index is 10.7. The lowest BCUT2D eigenvalue weighted by molar-refractivity contribution is -0.697. The largest absolute Gasteiger partial charge is 1.00 e. The Balaban J connectivity index is 0.00000196. The van der Waals surface area contributed by atoms with E-state index in [-0.39, 0.29) is 29.9 Å². The van der Waals surface area contributed by atoms with Crippen molar-refractivity contribution in [3.8, 4) is 0 Å². The summed E-state index contributed by atoms with van der Waals surface area (Å²) in [4.78, 5) is 10.7. The van der Waals surface area contributed by atoms with Crippen LogP contribution in [0.3, 0.4) is 0 Å². The van der Waals surface area contributed by atoms with Gasteiger partial charge in [-0.2, -0.15) is 0 Å². The number of nitrogens with one attached hydrogen (secondary N) is 1. The van der Waals surface area contributed by atoms with Gasteiger partial charge in [-0.1, -0.05) is 6.92 Å². The van der Waals surface area contributed by atoms with E-state index in [0.29, 0.717) is 6.54 Å². The van der Waals surface area contributed by atoms with Crippen molar-refractivity contribution in [2.45, 2.75) is 33.4 Å². The van der Waals surface area contributed by atoms with Crippen LogP contribution in [0.5, 0.6) is 0 Å². The Kier molecular flexibility index (Phi) is 7.29.